The number of carbonyl (C=O) groups excluding carboxylic acids is 4. The van der Waals surface area contributed by atoms with E-state index in [1.165, 1.54) is 6.08 Å². The summed E-state index contributed by atoms with van der Waals surface area (Å²) in [6.45, 7) is 4.98. The van der Waals surface area contributed by atoms with Crippen LogP contribution in [0.4, 0.5) is 0 Å². The van der Waals surface area contributed by atoms with E-state index in [0.717, 1.165) is 0 Å². The Hall–Kier alpha value is -2.40. The minimum absolute atomic E-state index is 0.0843. The molecule has 202 valence electrons. The highest BCUT2D eigenvalue weighted by atomic mass is 16.8. The number of carbonyl (C=O) groups is 4. The van der Waals surface area contributed by atoms with Crippen molar-refractivity contribution in [2.45, 2.75) is 81.3 Å². The molecule has 5 aliphatic heterocycles. The fourth-order valence-corrected chi connectivity index (χ4v) is 10.1. The maximum atomic E-state index is 14.9. The van der Waals surface area contributed by atoms with Crippen LogP contribution in [0, 0.1) is 34.5 Å². The van der Waals surface area contributed by atoms with Crippen LogP contribution in [0.25, 0.3) is 0 Å². The van der Waals surface area contributed by atoms with Crippen molar-refractivity contribution in [2.24, 2.45) is 34.5 Å². The largest absolute Gasteiger partial charge is 0.458 e. The standard InChI is InChI=1S/C28H30O10/c1-23-10-18-25(3)28-19(23)20(31)27(38-28,35-11-15(23)21(32)36-18)14-9-16(29)13-5-4-6-17(30)24(13,2)12(14)7-8-26(28,34)22(33)37-25/h4-6,12,14-16,18-19,29,34H,7-11H2,1-3H3/t12-,14+,15-,16-,18+,19+,23+,24+,25-,26-,27-,28-/m0/s1. The zero-order valence-corrected chi connectivity index (χ0v) is 21.4. The summed E-state index contributed by atoms with van der Waals surface area (Å²) in [7, 11) is 0. The Morgan fingerprint density at radius 2 is 1.84 bits per heavy atom. The fraction of sp³-hybridized carbons (Fsp3) is 0.714. The lowest BCUT2D eigenvalue weighted by Crippen LogP contribution is -2.79. The average molecular weight is 527 g/mol. The van der Waals surface area contributed by atoms with Gasteiger partial charge in [-0.3, -0.25) is 14.4 Å². The Morgan fingerprint density at radius 3 is 2.61 bits per heavy atom. The van der Waals surface area contributed by atoms with Gasteiger partial charge in [0.05, 0.1) is 30.0 Å². The monoisotopic (exact) mass is 526 g/mol. The van der Waals surface area contributed by atoms with Gasteiger partial charge >= 0.3 is 11.9 Å². The third-order valence-electron chi connectivity index (χ3n) is 12.0. The first kappa shape index (κ1) is 23.5. The molecule has 0 unspecified atom stereocenters. The van der Waals surface area contributed by atoms with Gasteiger partial charge in [0.1, 0.15) is 6.10 Å². The number of hydrogen-bond acceptors (Lipinski definition) is 10. The van der Waals surface area contributed by atoms with Crippen molar-refractivity contribution < 1.29 is 48.3 Å². The van der Waals surface area contributed by atoms with E-state index >= 15 is 0 Å². The van der Waals surface area contributed by atoms with Crippen molar-refractivity contribution >= 4 is 23.5 Å². The third kappa shape index (κ3) is 2.00. The number of aliphatic hydroxyl groups is 2. The third-order valence-corrected chi connectivity index (χ3v) is 12.0. The van der Waals surface area contributed by atoms with E-state index in [0.29, 0.717) is 5.57 Å². The molecule has 0 amide bonds. The highest BCUT2D eigenvalue weighted by Gasteiger charge is 2.93. The second kappa shape index (κ2) is 6.32. The van der Waals surface area contributed by atoms with E-state index in [-0.39, 0.29) is 38.1 Å². The van der Waals surface area contributed by atoms with Gasteiger partial charge in [0.25, 0.3) is 0 Å². The van der Waals surface area contributed by atoms with E-state index in [1.807, 2.05) is 6.92 Å². The molecule has 12 atom stereocenters. The number of esters is 2. The lowest BCUT2D eigenvalue weighted by atomic mass is 9.46. The van der Waals surface area contributed by atoms with Crippen molar-refractivity contribution in [1.29, 1.82) is 0 Å². The molecule has 5 heterocycles. The summed E-state index contributed by atoms with van der Waals surface area (Å²) in [5, 5.41) is 23.7. The van der Waals surface area contributed by atoms with E-state index in [4.69, 9.17) is 18.9 Å². The van der Waals surface area contributed by atoms with Crippen LogP contribution in [0.3, 0.4) is 0 Å². The second-order valence-electron chi connectivity index (χ2n) is 13.2. The number of aliphatic hydroxyl groups excluding tert-OH is 1. The molecule has 0 aromatic heterocycles. The molecule has 2 spiro atoms. The molecule has 8 rings (SSSR count). The van der Waals surface area contributed by atoms with E-state index < -0.39 is 87.0 Å². The van der Waals surface area contributed by atoms with Gasteiger partial charge in [-0.25, -0.2) is 4.79 Å². The quantitative estimate of drug-likeness (QED) is 0.429. The normalized spacial score (nSPS) is 59.2. The van der Waals surface area contributed by atoms with Gasteiger partial charge in [-0.15, -0.1) is 0 Å². The van der Waals surface area contributed by atoms with Gasteiger partial charge in [0, 0.05) is 5.92 Å². The zero-order chi connectivity index (χ0) is 26.8. The van der Waals surface area contributed by atoms with Crippen LogP contribution in [-0.4, -0.2) is 75.1 Å². The lowest BCUT2D eigenvalue weighted by molar-refractivity contribution is -0.376. The molecule has 38 heavy (non-hydrogen) atoms. The lowest BCUT2D eigenvalue weighted by Gasteiger charge is -2.63. The molecular weight excluding hydrogens is 496 g/mol. The fourth-order valence-electron chi connectivity index (χ4n) is 10.1. The predicted molar refractivity (Wildman–Crippen MR) is 124 cm³/mol. The number of fused-ring (bicyclic) bond motifs is 5. The molecule has 7 fully saturated rings. The van der Waals surface area contributed by atoms with Crippen molar-refractivity contribution in [3.05, 3.63) is 23.8 Å². The Balaban J connectivity index is 1.43. The molecule has 5 bridgehead atoms. The summed E-state index contributed by atoms with van der Waals surface area (Å²) in [5.74, 6) is -7.45. The molecule has 3 aliphatic carbocycles. The highest BCUT2D eigenvalue weighted by molar-refractivity contribution is 6.01. The molecule has 10 heteroatoms. The maximum absolute atomic E-state index is 14.9. The topological polar surface area (TPSA) is 146 Å². The van der Waals surface area contributed by atoms with Gasteiger partial charge in [-0.1, -0.05) is 19.1 Å². The first-order chi connectivity index (χ1) is 17.8. The van der Waals surface area contributed by atoms with E-state index in [1.54, 1.807) is 26.0 Å². The summed E-state index contributed by atoms with van der Waals surface area (Å²) < 4.78 is 25.0. The van der Waals surface area contributed by atoms with E-state index in [9.17, 15) is 29.4 Å². The predicted octanol–water partition coefficient (Wildman–Crippen LogP) is 0.528. The van der Waals surface area contributed by atoms with Crippen LogP contribution in [0.1, 0.15) is 46.5 Å². The van der Waals surface area contributed by atoms with Crippen molar-refractivity contribution in [1.82, 2.24) is 0 Å². The second-order valence-corrected chi connectivity index (χ2v) is 13.2. The molecule has 8 aliphatic rings. The van der Waals surface area contributed by atoms with Gasteiger partial charge < -0.3 is 29.2 Å². The zero-order valence-electron chi connectivity index (χ0n) is 21.4. The number of ether oxygens (including phenoxy) is 4. The molecule has 2 N–H and O–H groups in total. The van der Waals surface area contributed by atoms with Gasteiger partial charge in [-0.2, -0.15) is 0 Å². The van der Waals surface area contributed by atoms with Crippen LogP contribution < -0.4 is 0 Å². The molecule has 10 nitrogen and oxygen atoms in total. The minimum atomic E-state index is -2.24. The summed E-state index contributed by atoms with van der Waals surface area (Å²) in [6.07, 6.45) is 3.22. The average Bonchev–Trinajstić information content (AvgIpc) is 3.17. The summed E-state index contributed by atoms with van der Waals surface area (Å²) in [4.78, 5) is 55.3. The summed E-state index contributed by atoms with van der Waals surface area (Å²) in [6, 6.07) is 0. The van der Waals surface area contributed by atoms with Crippen molar-refractivity contribution in [3.8, 4) is 0 Å². The molecule has 0 aromatic rings. The minimum Gasteiger partial charge on any atom is -0.458 e. The highest BCUT2D eigenvalue weighted by Crippen LogP contribution is 2.75. The summed E-state index contributed by atoms with van der Waals surface area (Å²) in [5.41, 5.74) is -7.44. The first-order valence-corrected chi connectivity index (χ1v) is 13.5. The Kier molecular flexibility index (Phi) is 3.91. The van der Waals surface area contributed by atoms with Crippen LogP contribution in [0.5, 0.6) is 0 Å². The first-order valence-electron chi connectivity index (χ1n) is 13.5. The molecule has 0 aromatic carbocycles. The smallest absolute Gasteiger partial charge is 0.342 e. The van der Waals surface area contributed by atoms with Crippen molar-refractivity contribution in [2.75, 3.05) is 6.61 Å². The van der Waals surface area contributed by atoms with Gasteiger partial charge in [0.2, 0.25) is 5.79 Å². The van der Waals surface area contributed by atoms with Crippen LogP contribution >= 0.6 is 0 Å². The van der Waals surface area contributed by atoms with Gasteiger partial charge in [-0.05, 0) is 62.5 Å². The Morgan fingerprint density at radius 1 is 1.08 bits per heavy atom. The molecule has 2 saturated carbocycles. The summed E-state index contributed by atoms with van der Waals surface area (Å²) >= 11 is 0. The van der Waals surface area contributed by atoms with Gasteiger partial charge in [0.15, 0.2) is 28.4 Å². The number of rotatable bonds is 0. The molecule has 0 radical (unpaired) electrons. The van der Waals surface area contributed by atoms with Crippen LogP contribution in [0.2, 0.25) is 0 Å². The number of hydrogen-bond donors (Lipinski definition) is 2. The number of allylic oxidation sites excluding steroid dienone is 3. The Bertz CT molecular complexity index is 1330. The number of Topliss-reactive ketones (excluding diaryl/α,β-unsaturated/α-hetero) is 1. The van der Waals surface area contributed by atoms with E-state index in [2.05, 4.69) is 0 Å². The SMILES string of the molecule is C[C@]12C(=O)C=CC=C1[C@@H](O)C[C@@H]1[C@@H]2CC[C@]2(O)C(=O)O[C@@]3(C)[C@H]4C[C@@]5(C)[C@H]6C(=O)[C@@]1(OC[C@H]5C(=O)O4)O[C@@]632. The molecule has 5 saturated heterocycles. The molecular formula is C28H30O10. The van der Waals surface area contributed by atoms with Crippen LogP contribution in [-0.2, 0) is 38.1 Å². The van der Waals surface area contributed by atoms with Crippen molar-refractivity contribution in [3.63, 3.8) is 0 Å². The maximum Gasteiger partial charge on any atom is 0.342 e. The van der Waals surface area contributed by atoms with Crippen LogP contribution in [0.15, 0.2) is 23.8 Å². The number of ketones is 2. The Labute approximate surface area is 218 Å².